The van der Waals surface area contributed by atoms with Gasteiger partial charge in [-0.2, -0.15) is 0 Å². The van der Waals surface area contributed by atoms with Crippen molar-refractivity contribution in [3.63, 3.8) is 0 Å². The van der Waals surface area contributed by atoms with Gasteiger partial charge in [-0.05, 0) is 37.2 Å². The molecule has 1 aliphatic rings. The maximum atomic E-state index is 2.40. The molecule has 0 heteroatoms. The van der Waals surface area contributed by atoms with E-state index in [1.54, 1.807) is 5.57 Å². The molecule has 0 bridgehead atoms. The molecule has 90 valence electrons. The quantitative estimate of drug-likeness (QED) is 0.603. The van der Waals surface area contributed by atoms with Crippen molar-refractivity contribution in [1.29, 1.82) is 0 Å². The molecule has 1 aromatic carbocycles. The van der Waals surface area contributed by atoms with Gasteiger partial charge < -0.3 is 0 Å². The zero-order valence-electron chi connectivity index (χ0n) is 10.7. The standard InChI is InChI=1S/C17H22/c1-2-3-11-17(16-12-7-8-13-16)14-15-9-5-4-6-10-15/h4-7,9-10,12,14,16H,2-3,8,11,13H2,1H3/b17-14+. The molecule has 2 rings (SSSR count). The lowest BCUT2D eigenvalue weighted by atomic mass is 9.92. The summed E-state index contributed by atoms with van der Waals surface area (Å²) in [4.78, 5) is 0. The fraction of sp³-hybridized carbons (Fsp3) is 0.412. The third kappa shape index (κ3) is 3.59. The third-order valence-electron chi connectivity index (χ3n) is 3.46. The second kappa shape index (κ2) is 6.44. The molecule has 0 fully saturated rings. The highest BCUT2D eigenvalue weighted by molar-refractivity contribution is 5.54. The maximum absolute atomic E-state index is 2.40. The van der Waals surface area contributed by atoms with E-state index in [-0.39, 0.29) is 0 Å². The Morgan fingerprint density at radius 1 is 1.29 bits per heavy atom. The van der Waals surface area contributed by atoms with Crippen LogP contribution in [0.2, 0.25) is 0 Å². The number of benzene rings is 1. The monoisotopic (exact) mass is 226 g/mol. The van der Waals surface area contributed by atoms with Crippen LogP contribution in [0.4, 0.5) is 0 Å². The largest absolute Gasteiger partial charge is 0.0879 e. The van der Waals surface area contributed by atoms with Crippen LogP contribution < -0.4 is 0 Å². The summed E-state index contributed by atoms with van der Waals surface area (Å²) in [5, 5.41) is 0. The molecule has 0 saturated heterocycles. The van der Waals surface area contributed by atoms with E-state index in [4.69, 9.17) is 0 Å². The first-order valence-corrected chi connectivity index (χ1v) is 6.82. The lowest BCUT2D eigenvalue weighted by Crippen LogP contribution is -1.98. The van der Waals surface area contributed by atoms with E-state index < -0.39 is 0 Å². The minimum Gasteiger partial charge on any atom is -0.0879 e. The Morgan fingerprint density at radius 3 is 2.76 bits per heavy atom. The molecule has 0 spiro atoms. The molecule has 0 aromatic heterocycles. The molecule has 1 atom stereocenters. The van der Waals surface area contributed by atoms with Crippen molar-refractivity contribution < 1.29 is 0 Å². The molecule has 17 heavy (non-hydrogen) atoms. The van der Waals surface area contributed by atoms with Gasteiger partial charge in [0.15, 0.2) is 0 Å². The first-order valence-electron chi connectivity index (χ1n) is 6.82. The molecule has 1 unspecified atom stereocenters. The van der Waals surface area contributed by atoms with E-state index in [1.807, 2.05) is 0 Å². The molecule has 0 saturated carbocycles. The van der Waals surface area contributed by atoms with Crippen LogP contribution in [0.5, 0.6) is 0 Å². The summed E-state index contributed by atoms with van der Waals surface area (Å²) < 4.78 is 0. The SMILES string of the molecule is CCCC/C(=C\c1ccccc1)C1C=CCC1. The van der Waals surface area contributed by atoms with Crippen molar-refractivity contribution in [3.05, 3.63) is 53.6 Å². The van der Waals surface area contributed by atoms with Crippen molar-refractivity contribution in [2.45, 2.75) is 39.0 Å². The van der Waals surface area contributed by atoms with Gasteiger partial charge >= 0.3 is 0 Å². The van der Waals surface area contributed by atoms with E-state index in [9.17, 15) is 0 Å². The Hall–Kier alpha value is -1.30. The molecule has 0 nitrogen and oxygen atoms in total. The van der Waals surface area contributed by atoms with Gasteiger partial charge in [0.1, 0.15) is 0 Å². The third-order valence-corrected chi connectivity index (χ3v) is 3.46. The van der Waals surface area contributed by atoms with Crippen molar-refractivity contribution in [3.8, 4) is 0 Å². The number of rotatable bonds is 5. The van der Waals surface area contributed by atoms with Crippen LogP contribution in [0.15, 0.2) is 48.1 Å². The first kappa shape index (κ1) is 12.2. The van der Waals surface area contributed by atoms with Crippen LogP contribution in [0, 0.1) is 5.92 Å². The minimum atomic E-state index is 0.696. The molecule has 0 amide bonds. The molecular formula is C17H22. The van der Waals surface area contributed by atoms with Crippen LogP contribution in [-0.4, -0.2) is 0 Å². The lowest BCUT2D eigenvalue weighted by molar-refractivity contribution is 0.665. The summed E-state index contributed by atoms with van der Waals surface area (Å²) in [6.45, 7) is 2.27. The van der Waals surface area contributed by atoms with Crippen molar-refractivity contribution in [2.24, 2.45) is 5.92 Å². The van der Waals surface area contributed by atoms with Gasteiger partial charge in [0, 0.05) is 0 Å². The number of unbranched alkanes of at least 4 members (excludes halogenated alkanes) is 1. The predicted molar refractivity (Wildman–Crippen MR) is 75.8 cm³/mol. The second-order valence-electron chi connectivity index (χ2n) is 4.85. The Morgan fingerprint density at radius 2 is 2.12 bits per heavy atom. The number of hydrogen-bond acceptors (Lipinski definition) is 0. The van der Waals surface area contributed by atoms with Crippen molar-refractivity contribution >= 4 is 6.08 Å². The topological polar surface area (TPSA) is 0 Å². The fourth-order valence-electron chi connectivity index (χ4n) is 2.45. The number of hydrogen-bond donors (Lipinski definition) is 0. The Bertz CT molecular complexity index is 384. The lowest BCUT2D eigenvalue weighted by Gasteiger charge is -2.13. The van der Waals surface area contributed by atoms with Crippen LogP contribution in [0.25, 0.3) is 6.08 Å². The molecule has 1 aromatic rings. The zero-order chi connectivity index (χ0) is 11.9. The normalized spacial score (nSPS) is 19.8. The van der Waals surface area contributed by atoms with Gasteiger partial charge in [0.05, 0.1) is 0 Å². The fourth-order valence-corrected chi connectivity index (χ4v) is 2.45. The van der Waals surface area contributed by atoms with Crippen LogP contribution in [0.3, 0.4) is 0 Å². The molecule has 1 aliphatic carbocycles. The van der Waals surface area contributed by atoms with E-state index in [0.717, 1.165) is 0 Å². The Kier molecular flexibility index (Phi) is 4.61. The van der Waals surface area contributed by atoms with E-state index in [1.165, 1.54) is 37.7 Å². The highest BCUT2D eigenvalue weighted by atomic mass is 14.2. The average Bonchev–Trinajstić information content (AvgIpc) is 2.89. The summed E-state index contributed by atoms with van der Waals surface area (Å²) >= 11 is 0. The molecular weight excluding hydrogens is 204 g/mol. The van der Waals surface area contributed by atoms with Crippen molar-refractivity contribution in [1.82, 2.24) is 0 Å². The van der Waals surface area contributed by atoms with Gasteiger partial charge in [-0.3, -0.25) is 0 Å². The van der Waals surface area contributed by atoms with Gasteiger partial charge in [0.25, 0.3) is 0 Å². The summed E-state index contributed by atoms with van der Waals surface area (Å²) in [5.41, 5.74) is 2.96. The zero-order valence-corrected chi connectivity index (χ0v) is 10.7. The Labute approximate surface area is 105 Å². The van der Waals surface area contributed by atoms with E-state index in [0.29, 0.717) is 5.92 Å². The van der Waals surface area contributed by atoms with Gasteiger partial charge in [-0.1, -0.05) is 67.5 Å². The summed E-state index contributed by atoms with van der Waals surface area (Å²) in [6.07, 6.45) is 13.5. The molecule has 0 aliphatic heterocycles. The Balaban J connectivity index is 2.14. The second-order valence-corrected chi connectivity index (χ2v) is 4.85. The molecule has 0 N–H and O–H groups in total. The molecule has 0 heterocycles. The number of allylic oxidation sites excluding steroid dienone is 3. The summed E-state index contributed by atoms with van der Waals surface area (Å²) in [6, 6.07) is 10.7. The predicted octanol–water partition coefficient (Wildman–Crippen LogP) is 5.23. The van der Waals surface area contributed by atoms with E-state index >= 15 is 0 Å². The molecule has 0 radical (unpaired) electrons. The van der Waals surface area contributed by atoms with Gasteiger partial charge in [-0.15, -0.1) is 0 Å². The highest BCUT2D eigenvalue weighted by Gasteiger charge is 2.13. The minimum absolute atomic E-state index is 0.696. The van der Waals surface area contributed by atoms with Crippen LogP contribution in [-0.2, 0) is 0 Å². The maximum Gasteiger partial charge on any atom is -0.00170 e. The van der Waals surface area contributed by atoms with Gasteiger partial charge in [0.2, 0.25) is 0 Å². The van der Waals surface area contributed by atoms with Crippen LogP contribution >= 0.6 is 0 Å². The van der Waals surface area contributed by atoms with E-state index in [2.05, 4.69) is 55.5 Å². The average molecular weight is 226 g/mol. The highest BCUT2D eigenvalue weighted by Crippen LogP contribution is 2.29. The summed E-state index contributed by atoms with van der Waals surface area (Å²) in [5.74, 6) is 0.696. The van der Waals surface area contributed by atoms with Gasteiger partial charge in [-0.25, -0.2) is 0 Å². The smallest absolute Gasteiger partial charge is 0.00170 e. The first-order chi connectivity index (χ1) is 8.40. The van der Waals surface area contributed by atoms with Crippen molar-refractivity contribution in [2.75, 3.05) is 0 Å². The van der Waals surface area contributed by atoms with Crippen LogP contribution in [0.1, 0.15) is 44.6 Å². The summed E-state index contributed by atoms with van der Waals surface area (Å²) in [7, 11) is 0.